The molecule has 0 amide bonds. The van der Waals surface area contributed by atoms with Crippen LogP contribution in [0.3, 0.4) is 0 Å². The number of nitrogens with one attached hydrogen (secondary N) is 4. The summed E-state index contributed by atoms with van der Waals surface area (Å²) in [6.07, 6.45) is -6.30. The van der Waals surface area contributed by atoms with Gasteiger partial charge in [0.25, 0.3) is 0 Å². The number of phosphoric ester groups is 8. The van der Waals surface area contributed by atoms with E-state index in [9.17, 15) is 85.3 Å². The summed E-state index contributed by atoms with van der Waals surface area (Å²) >= 11 is 0. The van der Waals surface area contributed by atoms with Crippen molar-refractivity contribution < 1.29 is 186 Å². The Morgan fingerprint density at radius 1 is 0.291 bits per heavy atom. The van der Waals surface area contributed by atoms with Gasteiger partial charge in [-0.3, -0.25) is 98.2 Å². The molecule has 0 aliphatic rings. The van der Waals surface area contributed by atoms with E-state index in [-0.39, 0.29) is 53.0 Å². The first-order valence-electron chi connectivity index (χ1n) is 24.5. The zero-order chi connectivity index (χ0) is 65.5. The molecule has 14 N–H and O–H groups in total. The van der Waals surface area contributed by atoms with Crippen LogP contribution in [-0.2, 0) is 137 Å². The highest BCUT2D eigenvalue weighted by Crippen LogP contribution is 2.52. The summed E-state index contributed by atoms with van der Waals surface area (Å²) in [6, 6.07) is 0. The van der Waals surface area contributed by atoms with Gasteiger partial charge in [0.1, 0.15) is 12.2 Å². The summed E-state index contributed by atoms with van der Waals surface area (Å²) in [5.41, 5.74) is 0. The van der Waals surface area contributed by atoms with E-state index in [1.165, 1.54) is 21.1 Å². The lowest BCUT2D eigenvalue weighted by Gasteiger charge is -2.23. The molecule has 0 heterocycles. The Kier molecular flexibility index (Phi) is 46.3. The number of aliphatic hydroxyl groups excluding tert-OH is 1. The minimum atomic E-state index is -5.20. The summed E-state index contributed by atoms with van der Waals surface area (Å²) in [5.74, 6) is 0. The average Bonchev–Trinajstić information content (AvgIpc) is 3.53. The zero-order valence-electron chi connectivity index (χ0n) is 47.0. The second-order valence-corrected chi connectivity index (χ2v) is 29.3. The molecule has 0 saturated carbocycles. The Morgan fingerprint density at radius 2 is 0.523 bits per heavy atom. The summed E-state index contributed by atoms with van der Waals surface area (Å²) in [5, 5.41) is 19.9. The maximum absolute atomic E-state index is 12.8. The third kappa shape index (κ3) is 51.1. The van der Waals surface area contributed by atoms with Gasteiger partial charge in [-0.1, -0.05) is 0 Å². The van der Waals surface area contributed by atoms with Crippen LogP contribution < -0.4 is 21.3 Å². The molecule has 0 bridgehead atoms. The molecule has 53 heteroatoms. The van der Waals surface area contributed by atoms with Crippen LogP contribution in [0.15, 0.2) is 0 Å². The Bertz CT molecular complexity index is 2260. The third-order valence-corrected chi connectivity index (χ3v) is 17.3. The molecule has 0 aromatic carbocycles. The number of rotatable bonds is 61. The minimum absolute atomic E-state index is 0.0115. The monoisotopic (exact) mass is 1450 g/mol. The molecule has 0 aromatic rings. The van der Waals surface area contributed by atoms with Gasteiger partial charge in [-0.05, 0) is 41.0 Å². The fourth-order valence-electron chi connectivity index (χ4n) is 5.06. The normalized spacial score (nSPS) is 20.1. The van der Waals surface area contributed by atoms with Crippen molar-refractivity contribution >= 4 is 70.2 Å². The largest absolute Gasteiger partial charge is 0.472 e. The lowest BCUT2D eigenvalue weighted by atomic mass is 10.3. The Balaban J connectivity index is 5.21. The van der Waals surface area contributed by atoms with Crippen LogP contribution in [0.2, 0.25) is 0 Å². The molecule has 0 aliphatic carbocycles. The number of phosphoric acid groups is 8. The molecule has 0 rings (SSSR count). The topological polar surface area (TPSA) is 598 Å². The summed E-state index contributed by atoms with van der Waals surface area (Å²) in [6.45, 7) is -12.7. The molecule has 518 valence electrons. The first-order chi connectivity index (χ1) is 39.9. The predicted molar refractivity (Wildman–Crippen MR) is 287 cm³/mol. The number of aliphatic hydroxyl groups is 1. The van der Waals surface area contributed by atoms with Gasteiger partial charge in [0.05, 0.1) is 158 Å². The van der Waals surface area contributed by atoms with Gasteiger partial charge in [-0.15, -0.1) is 0 Å². The molecular weight excluding hydrogens is 1370 g/mol. The van der Waals surface area contributed by atoms with Gasteiger partial charge in [0.15, 0.2) is 0 Å². The van der Waals surface area contributed by atoms with E-state index in [0.29, 0.717) is 0 Å². The van der Waals surface area contributed by atoms with Crippen molar-refractivity contribution in [3.63, 3.8) is 0 Å². The van der Waals surface area contributed by atoms with Gasteiger partial charge in [0, 0.05) is 6.66 Å². The van der Waals surface area contributed by atoms with Crippen LogP contribution in [0.1, 0.15) is 12.8 Å². The van der Waals surface area contributed by atoms with Crippen molar-refractivity contribution in [3.05, 3.63) is 0 Å². The second kappa shape index (κ2) is 45.9. The quantitative estimate of drug-likeness (QED) is 0.0215. The standard InChI is InChI=1S/C33H81N4O40P9/c1-34-26-57-8-6-30(20-38)74-83(49,50)68-17-14-63-79(41,42)62-12-13-64-80(43,44)71-23-31(7-9-58-27-35-2)75-84(51,52)69-18-15-65-81(45,46)73-25-33(22-60-29-37-4)77-86(55,56)70-19-16-66-82(47,48)72-24-32(21-59-28-36-3)76-85(53,54)67-11-10-61-78(5,39)40/h30-38H,6-29H2,1-5H3,(H,39,40)(H,41,42)(H,43,44)(H,45,46)(H,47,48)(H,49,50)(H,51,52)(H,53,54)(H,55,56). The van der Waals surface area contributed by atoms with Crippen molar-refractivity contribution in [1.29, 1.82) is 0 Å². The van der Waals surface area contributed by atoms with Gasteiger partial charge in [-0.2, -0.15) is 0 Å². The lowest BCUT2D eigenvalue weighted by Crippen LogP contribution is -2.27. The van der Waals surface area contributed by atoms with Crippen LogP contribution in [0.4, 0.5) is 0 Å². The van der Waals surface area contributed by atoms with E-state index in [1.54, 1.807) is 7.05 Å². The van der Waals surface area contributed by atoms with Crippen molar-refractivity contribution in [3.8, 4) is 0 Å². The van der Waals surface area contributed by atoms with E-state index in [2.05, 4.69) is 52.9 Å². The third-order valence-electron chi connectivity index (χ3n) is 8.40. The molecule has 0 aromatic heterocycles. The molecule has 0 radical (unpaired) electrons. The van der Waals surface area contributed by atoms with Crippen molar-refractivity contribution in [2.24, 2.45) is 0 Å². The zero-order valence-corrected chi connectivity index (χ0v) is 55.1. The number of hydrogen-bond acceptors (Lipinski definition) is 35. The second-order valence-electron chi connectivity index (χ2n) is 16.0. The van der Waals surface area contributed by atoms with E-state index >= 15 is 0 Å². The number of hydrogen-bond donors (Lipinski definition) is 14. The molecular formula is C33H81N4O40P9. The molecule has 0 aliphatic heterocycles. The first-order valence-corrected chi connectivity index (χ1v) is 38.5. The first kappa shape index (κ1) is 86.7. The highest BCUT2D eigenvalue weighted by Gasteiger charge is 2.35. The van der Waals surface area contributed by atoms with E-state index in [1.807, 2.05) is 0 Å². The Labute approximate surface area is 494 Å². The Morgan fingerprint density at radius 3 is 0.814 bits per heavy atom. The molecule has 13 atom stereocenters. The van der Waals surface area contributed by atoms with E-state index < -0.39 is 200 Å². The molecule has 86 heavy (non-hydrogen) atoms. The van der Waals surface area contributed by atoms with E-state index in [0.717, 1.165) is 6.66 Å². The van der Waals surface area contributed by atoms with Crippen LogP contribution in [0.25, 0.3) is 0 Å². The summed E-state index contributed by atoms with van der Waals surface area (Å²) < 4.78 is 212. The molecule has 13 unspecified atom stereocenters. The van der Waals surface area contributed by atoms with Crippen LogP contribution in [0, 0.1) is 0 Å². The fraction of sp³-hybridized carbons (Fsp3) is 1.00. The van der Waals surface area contributed by atoms with Crippen molar-refractivity contribution in [2.45, 2.75) is 37.3 Å². The molecule has 44 nitrogen and oxygen atoms in total. The minimum Gasteiger partial charge on any atom is -0.394 e. The van der Waals surface area contributed by atoms with Crippen LogP contribution in [0.5, 0.6) is 0 Å². The SMILES string of the molecule is CNCOCCC(CO)OP(=O)(O)OCCOP(=O)(O)OCCOP(=O)(O)OCC(CCOCNC)OP(=O)(O)OCCOP(=O)(O)OCC(COCNC)OP(=O)(O)OCCOP(=O)(O)OCC(COCNC)OP(=O)(O)OCCOP(C)(=O)O. The Hall–Kier alpha value is 0.670. The van der Waals surface area contributed by atoms with Crippen LogP contribution in [-0.4, -0.2) is 254 Å². The lowest BCUT2D eigenvalue weighted by molar-refractivity contribution is -0.0121. The summed E-state index contributed by atoms with van der Waals surface area (Å²) in [4.78, 5) is 90.1. The highest BCUT2D eigenvalue weighted by molar-refractivity contribution is 7.52. The number of ether oxygens (including phenoxy) is 4. The maximum atomic E-state index is 12.8. The maximum Gasteiger partial charge on any atom is 0.472 e. The molecule has 0 spiro atoms. The van der Waals surface area contributed by atoms with Crippen molar-refractivity contribution in [2.75, 3.05) is 181 Å². The van der Waals surface area contributed by atoms with Gasteiger partial charge >= 0.3 is 70.2 Å². The van der Waals surface area contributed by atoms with E-state index in [4.69, 9.17) is 69.1 Å². The van der Waals surface area contributed by atoms with Crippen molar-refractivity contribution in [1.82, 2.24) is 21.3 Å². The molecule has 0 fully saturated rings. The average molecular weight is 1450 g/mol. The van der Waals surface area contributed by atoms with Crippen LogP contribution >= 0.6 is 70.2 Å². The van der Waals surface area contributed by atoms with Gasteiger partial charge in [-0.25, -0.2) is 36.5 Å². The fourth-order valence-corrected chi connectivity index (χ4v) is 11.9. The highest BCUT2D eigenvalue weighted by atomic mass is 31.2. The smallest absolute Gasteiger partial charge is 0.394 e. The molecule has 0 saturated heterocycles. The van der Waals surface area contributed by atoms with Gasteiger partial charge < -0.3 is 72.6 Å². The van der Waals surface area contributed by atoms with Gasteiger partial charge in [0.2, 0.25) is 0 Å². The predicted octanol–water partition coefficient (Wildman–Crippen LogP) is -0.0921. The summed E-state index contributed by atoms with van der Waals surface area (Å²) in [7, 11) is -38.3.